The molecule has 0 aliphatic rings. The molecule has 0 aliphatic heterocycles. The number of carbonyl (C=O) groups excluding carboxylic acids is 1. The van der Waals surface area contributed by atoms with Gasteiger partial charge in [0.15, 0.2) is 5.82 Å². The molecule has 9 heteroatoms. The van der Waals surface area contributed by atoms with Crippen LogP contribution in [-0.2, 0) is 7.05 Å². The normalized spacial score (nSPS) is 12.4. The highest BCUT2D eigenvalue weighted by molar-refractivity contribution is 5.90. The van der Waals surface area contributed by atoms with Crippen molar-refractivity contribution in [3.8, 4) is 0 Å². The van der Waals surface area contributed by atoms with Crippen LogP contribution in [0.15, 0.2) is 6.33 Å². The molecule has 1 amide bonds. The first kappa shape index (κ1) is 10.2. The van der Waals surface area contributed by atoms with Gasteiger partial charge in [0, 0.05) is 7.05 Å². The maximum atomic E-state index is 11.6. The van der Waals surface area contributed by atoms with E-state index in [9.17, 15) is 4.79 Å². The van der Waals surface area contributed by atoms with E-state index in [2.05, 4.69) is 36.1 Å². The summed E-state index contributed by atoms with van der Waals surface area (Å²) < 4.78 is 1.72. The predicted molar refractivity (Wildman–Crippen MR) is 51.1 cm³/mol. The highest BCUT2D eigenvalue weighted by Crippen LogP contribution is 2.07. The van der Waals surface area contributed by atoms with E-state index >= 15 is 0 Å². The molecule has 0 bridgehead atoms. The van der Waals surface area contributed by atoms with E-state index in [1.807, 2.05) is 0 Å². The molecule has 2 aromatic heterocycles. The summed E-state index contributed by atoms with van der Waals surface area (Å²) in [5, 5.41) is 22.9. The molecule has 2 aromatic rings. The highest BCUT2D eigenvalue weighted by Gasteiger charge is 2.17. The number of aromatic nitrogens is 7. The van der Waals surface area contributed by atoms with Crippen molar-refractivity contribution in [2.75, 3.05) is 0 Å². The Kier molecular flexibility index (Phi) is 2.58. The van der Waals surface area contributed by atoms with Crippen molar-refractivity contribution in [2.45, 2.75) is 13.0 Å². The number of hydrogen-bond acceptors (Lipinski definition) is 6. The summed E-state index contributed by atoms with van der Waals surface area (Å²) in [4.78, 5) is 11.6. The first-order valence-electron chi connectivity index (χ1n) is 4.56. The van der Waals surface area contributed by atoms with Gasteiger partial charge in [-0.2, -0.15) is 5.21 Å². The van der Waals surface area contributed by atoms with E-state index < -0.39 is 5.91 Å². The molecule has 0 aliphatic carbocycles. The fourth-order valence-electron chi connectivity index (χ4n) is 1.27. The Bertz CT molecular complexity index is 474. The fraction of sp³-hybridized carbons (Fsp3) is 0.429. The smallest absolute Gasteiger partial charge is 0.293 e. The molecule has 0 aromatic carbocycles. The van der Waals surface area contributed by atoms with Crippen LogP contribution in [-0.4, -0.2) is 41.3 Å². The average Bonchev–Trinajstić information content (AvgIpc) is 2.86. The van der Waals surface area contributed by atoms with Crippen LogP contribution in [0.1, 0.15) is 29.4 Å². The standard InChI is InChI=1S/C7H10N8O/c1-4(6-12-8-3-15(6)2)9-7(16)5-10-13-14-11-5/h3-4H,1-2H3,(H,9,16)(H,10,11,13,14). The summed E-state index contributed by atoms with van der Waals surface area (Å²) in [7, 11) is 1.80. The average molecular weight is 222 g/mol. The van der Waals surface area contributed by atoms with Gasteiger partial charge < -0.3 is 9.88 Å². The Morgan fingerprint density at radius 2 is 2.38 bits per heavy atom. The summed E-state index contributed by atoms with van der Waals surface area (Å²) in [6.07, 6.45) is 1.56. The van der Waals surface area contributed by atoms with Gasteiger partial charge in [0.05, 0.1) is 6.04 Å². The Morgan fingerprint density at radius 1 is 1.56 bits per heavy atom. The van der Waals surface area contributed by atoms with Crippen molar-refractivity contribution in [1.29, 1.82) is 0 Å². The number of rotatable bonds is 3. The molecule has 0 radical (unpaired) electrons. The minimum absolute atomic E-state index is 0.00554. The number of aryl methyl sites for hydroxylation is 1. The van der Waals surface area contributed by atoms with Crippen LogP contribution in [0.2, 0.25) is 0 Å². The lowest BCUT2D eigenvalue weighted by Gasteiger charge is -2.10. The number of tetrazole rings is 1. The number of nitrogens with one attached hydrogen (secondary N) is 2. The quantitative estimate of drug-likeness (QED) is 0.675. The first-order chi connectivity index (χ1) is 7.68. The molecule has 0 fully saturated rings. The predicted octanol–water partition coefficient (Wildman–Crippen LogP) is -1.18. The topological polar surface area (TPSA) is 114 Å². The number of H-pyrrole nitrogens is 1. The number of aromatic amines is 1. The molecule has 1 unspecified atom stereocenters. The van der Waals surface area contributed by atoms with E-state index in [-0.39, 0.29) is 11.9 Å². The lowest BCUT2D eigenvalue weighted by Crippen LogP contribution is -2.29. The number of carbonyl (C=O) groups is 1. The van der Waals surface area contributed by atoms with Crippen molar-refractivity contribution >= 4 is 5.91 Å². The summed E-state index contributed by atoms with van der Waals surface area (Å²) in [6, 6.07) is -0.279. The van der Waals surface area contributed by atoms with Gasteiger partial charge in [-0.15, -0.1) is 20.4 Å². The van der Waals surface area contributed by atoms with Crippen LogP contribution in [0.25, 0.3) is 0 Å². The van der Waals surface area contributed by atoms with E-state index in [1.54, 1.807) is 24.9 Å². The van der Waals surface area contributed by atoms with E-state index in [0.29, 0.717) is 5.82 Å². The van der Waals surface area contributed by atoms with Gasteiger partial charge in [-0.25, -0.2) is 0 Å². The summed E-state index contributed by atoms with van der Waals surface area (Å²) >= 11 is 0. The van der Waals surface area contributed by atoms with Gasteiger partial charge in [-0.05, 0) is 12.1 Å². The zero-order valence-electron chi connectivity index (χ0n) is 8.75. The number of amides is 1. The zero-order valence-corrected chi connectivity index (χ0v) is 8.75. The van der Waals surface area contributed by atoms with Crippen molar-refractivity contribution in [3.05, 3.63) is 18.0 Å². The summed E-state index contributed by atoms with van der Waals surface area (Å²) in [5.41, 5.74) is 0. The Balaban J connectivity index is 2.06. The molecule has 2 N–H and O–H groups in total. The van der Waals surface area contributed by atoms with Gasteiger partial charge in [0.2, 0.25) is 0 Å². The van der Waals surface area contributed by atoms with Crippen LogP contribution >= 0.6 is 0 Å². The molecule has 84 valence electrons. The van der Waals surface area contributed by atoms with Gasteiger partial charge >= 0.3 is 0 Å². The van der Waals surface area contributed by atoms with Gasteiger partial charge in [0.25, 0.3) is 11.7 Å². The maximum absolute atomic E-state index is 11.6. The van der Waals surface area contributed by atoms with Crippen molar-refractivity contribution in [1.82, 2.24) is 40.7 Å². The molecule has 0 spiro atoms. The van der Waals surface area contributed by atoms with Crippen LogP contribution in [0, 0.1) is 0 Å². The SMILES string of the molecule is CC(NC(=O)c1nn[nH]n1)c1nncn1C. The van der Waals surface area contributed by atoms with Gasteiger partial charge in [-0.3, -0.25) is 4.79 Å². The first-order valence-corrected chi connectivity index (χ1v) is 4.56. The highest BCUT2D eigenvalue weighted by atomic mass is 16.2. The molecular formula is C7H10N8O. The van der Waals surface area contributed by atoms with Crippen molar-refractivity contribution in [2.24, 2.45) is 7.05 Å². The lowest BCUT2D eigenvalue weighted by molar-refractivity contribution is 0.0927. The molecular weight excluding hydrogens is 212 g/mol. The van der Waals surface area contributed by atoms with E-state index in [0.717, 1.165) is 0 Å². The van der Waals surface area contributed by atoms with Crippen LogP contribution < -0.4 is 5.32 Å². The number of hydrogen-bond donors (Lipinski definition) is 2. The fourth-order valence-corrected chi connectivity index (χ4v) is 1.27. The summed E-state index contributed by atoms with van der Waals surface area (Å²) in [6.45, 7) is 1.79. The molecule has 1 atom stereocenters. The maximum Gasteiger partial charge on any atom is 0.293 e. The van der Waals surface area contributed by atoms with Crippen LogP contribution in [0.5, 0.6) is 0 Å². The number of nitrogens with zero attached hydrogens (tertiary/aromatic N) is 6. The minimum Gasteiger partial charge on any atom is -0.339 e. The van der Waals surface area contributed by atoms with Crippen molar-refractivity contribution < 1.29 is 4.79 Å². The molecule has 0 saturated heterocycles. The second-order valence-electron chi connectivity index (χ2n) is 3.23. The van der Waals surface area contributed by atoms with Gasteiger partial charge in [-0.1, -0.05) is 0 Å². The third-order valence-electron chi connectivity index (χ3n) is 2.03. The third-order valence-corrected chi connectivity index (χ3v) is 2.03. The molecule has 2 heterocycles. The molecule has 9 nitrogen and oxygen atoms in total. The Hall–Kier alpha value is -2.32. The van der Waals surface area contributed by atoms with E-state index in [1.165, 1.54) is 0 Å². The molecule has 0 saturated carbocycles. The van der Waals surface area contributed by atoms with Crippen LogP contribution in [0.3, 0.4) is 0 Å². The monoisotopic (exact) mass is 222 g/mol. The summed E-state index contributed by atoms with van der Waals surface area (Å²) in [5.74, 6) is 0.232. The molecule has 2 rings (SSSR count). The lowest BCUT2D eigenvalue weighted by atomic mass is 10.3. The zero-order chi connectivity index (χ0) is 11.5. The van der Waals surface area contributed by atoms with Gasteiger partial charge in [0.1, 0.15) is 6.33 Å². The Labute approximate surface area is 90.3 Å². The van der Waals surface area contributed by atoms with E-state index in [4.69, 9.17) is 0 Å². The largest absolute Gasteiger partial charge is 0.339 e. The third kappa shape index (κ3) is 1.87. The second-order valence-corrected chi connectivity index (χ2v) is 3.23. The van der Waals surface area contributed by atoms with Crippen molar-refractivity contribution in [3.63, 3.8) is 0 Å². The minimum atomic E-state index is -0.413. The van der Waals surface area contributed by atoms with Crippen LogP contribution in [0.4, 0.5) is 0 Å². The Morgan fingerprint density at radius 3 is 2.94 bits per heavy atom. The second kappa shape index (κ2) is 4.04. The molecule has 16 heavy (non-hydrogen) atoms.